The lowest BCUT2D eigenvalue weighted by Crippen LogP contribution is -2.59. The number of nitrogens with zero attached hydrogens (tertiary/aromatic N) is 2. The molecule has 294 valence electrons. The lowest BCUT2D eigenvalue weighted by molar-refractivity contribution is -0.144. The van der Waals surface area contributed by atoms with Gasteiger partial charge in [-0.1, -0.05) is 13.8 Å². The average molecular weight is 742 g/mol. The summed E-state index contributed by atoms with van der Waals surface area (Å²) in [5.74, 6) is -7.91. The number of aliphatic imine (C=N–C) groups is 1. The number of carboxylic acids is 2. The molecule has 1 saturated heterocycles. The molecule has 1 heterocycles. The van der Waals surface area contributed by atoms with Crippen LogP contribution >= 0.6 is 0 Å². The summed E-state index contributed by atoms with van der Waals surface area (Å²) in [5, 5.41) is 28.4. The van der Waals surface area contributed by atoms with Crippen molar-refractivity contribution in [3.8, 4) is 0 Å². The number of nitrogens with two attached hydrogens (primary N) is 5. The van der Waals surface area contributed by atoms with Crippen LogP contribution in [0.4, 0.5) is 0 Å². The molecule has 0 spiro atoms. The molecule has 21 heteroatoms. The van der Waals surface area contributed by atoms with E-state index in [0.717, 1.165) is 0 Å². The monoisotopic (exact) mass is 741 g/mol. The highest BCUT2D eigenvalue weighted by atomic mass is 16.4. The number of unbranched alkanes of at least 4 members (excludes halogenated alkanes) is 1. The standard InChI is InChI=1S/C31H55N11O10/c1-16(2)13-20(40-25(46)17(33)14-24(44)45)27(48)39-19(7-3-4-10-32)29(50)42-12-6-9-22(42)28(49)38-18(8-5-11-37-31(35)36)26(47)41-21(30(51)52)15-23(34)43/h16-22H,3-15,32-33H2,1-2H3,(H2,34,43)(H,38,49)(H,39,48)(H,40,46)(H,41,47)(H,44,45)(H,51,52)(H4,35,36,37). The third-order valence-electron chi connectivity index (χ3n) is 8.07. The first kappa shape index (κ1) is 45.0. The molecular weight excluding hydrogens is 686 g/mol. The molecule has 1 rings (SSSR count). The molecule has 0 saturated carbocycles. The lowest BCUT2D eigenvalue weighted by atomic mass is 10.0. The summed E-state index contributed by atoms with van der Waals surface area (Å²) >= 11 is 0. The van der Waals surface area contributed by atoms with E-state index in [9.17, 15) is 43.5 Å². The van der Waals surface area contributed by atoms with Gasteiger partial charge in [0, 0.05) is 13.1 Å². The number of carbonyl (C=O) groups excluding carboxylic acids is 6. The molecule has 1 aliphatic heterocycles. The third-order valence-corrected chi connectivity index (χ3v) is 8.07. The fourth-order valence-electron chi connectivity index (χ4n) is 5.50. The van der Waals surface area contributed by atoms with Crippen molar-refractivity contribution < 1.29 is 48.6 Å². The highest BCUT2D eigenvalue weighted by molar-refractivity contribution is 5.97. The van der Waals surface area contributed by atoms with E-state index in [4.69, 9.17) is 33.8 Å². The Hall–Kier alpha value is -5.05. The van der Waals surface area contributed by atoms with Crippen LogP contribution in [-0.4, -0.2) is 124 Å². The van der Waals surface area contributed by atoms with Crippen LogP contribution in [0.2, 0.25) is 0 Å². The third kappa shape index (κ3) is 16.3. The van der Waals surface area contributed by atoms with E-state index in [2.05, 4.69) is 26.3 Å². The number of guanidine groups is 1. The fourth-order valence-corrected chi connectivity index (χ4v) is 5.50. The largest absolute Gasteiger partial charge is 0.481 e. The highest BCUT2D eigenvalue weighted by Crippen LogP contribution is 2.21. The SMILES string of the molecule is CC(C)CC(NC(=O)C(N)CC(=O)O)C(=O)NC(CCCCN)C(=O)N1CCCC1C(=O)NC(CCCN=C(N)N)C(=O)NC(CC(N)=O)C(=O)O. The molecule has 0 radical (unpaired) electrons. The van der Waals surface area contributed by atoms with E-state index in [-0.39, 0.29) is 57.1 Å². The fraction of sp³-hybridized carbons (Fsp3) is 0.710. The summed E-state index contributed by atoms with van der Waals surface area (Å²) in [6.45, 7) is 4.13. The number of amides is 6. The maximum Gasteiger partial charge on any atom is 0.326 e. The molecule has 6 atom stereocenters. The quantitative estimate of drug-likeness (QED) is 0.0255. The van der Waals surface area contributed by atoms with E-state index in [0.29, 0.717) is 25.8 Å². The van der Waals surface area contributed by atoms with Crippen molar-refractivity contribution in [2.24, 2.45) is 39.6 Å². The van der Waals surface area contributed by atoms with Crippen molar-refractivity contribution >= 4 is 53.3 Å². The topological polar surface area (TPSA) is 371 Å². The molecule has 6 unspecified atom stereocenters. The Balaban J connectivity index is 3.27. The van der Waals surface area contributed by atoms with Crippen molar-refractivity contribution in [3.05, 3.63) is 0 Å². The summed E-state index contributed by atoms with van der Waals surface area (Å²) in [4.78, 5) is 106. The zero-order chi connectivity index (χ0) is 39.5. The number of rotatable bonds is 24. The van der Waals surface area contributed by atoms with Gasteiger partial charge < -0.3 is 65.0 Å². The van der Waals surface area contributed by atoms with Gasteiger partial charge in [-0.3, -0.25) is 38.6 Å². The molecule has 16 N–H and O–H groups in total. The molecule has 52 heavy (non-hydrogen) atoms. The summed E-state index contributed by atoms with van der Waals surface area (Å²) in [6, 6.07) is -7.77. The van der Waals surface area contributed by atoms with Crippen LogP contribution in [0.5, 0.6) is 0 Å². The summed E-state index contributed by atoms with van der Waals surface area (Å²) < 4.78 is 0. The molecule has 0 aromatic heterocycles. The molecule has 6 amide bonds. The van der Waals surface area contributed by atoms with Gasteiger partial charge in [0.1, 0.15) is 30.2 Å². The zero-order valence-electron chi connectivity index (χ0n) is 29.7. The minimum Gasteiger partial charge on any atom is -0.481 e. The number of nitrogens with one attached hydrogen (secondary N) is 4. The summed E-state index contributed by atoms with van der Waals surface area (Å²) in [5.41, 5.74) is 27.2. The van der Waals surface area contributed by atoms with E-state index >= 15 is 0 Å². The Morgan fingerprint density at radius 1 is 0.788 bits per heavy atom. The Morgan fingerprint density at radius 2 is 1.38 bits per heavy atom. The Bertz CT molecular complexity index is 1310. The van der Waals surface area contributed by atoms with Gasteiger partial charge in [-0.2, -0.15) is 0 Å². The van der Waals surface area contributed by atoms with E-state index in [1.807, 2.05) is 0 Å². The first-order chi connectivity index (χ1) is 24.4. The number of carbonyl (C=O) groups is 8. The highest BCUT2D eigenvalue weighted by Gasteiger charge is 2.40. The maximum absolute atomic E-state index is 14.0. The molecule has 1 fully saturated rings. The van der Waals surface area contributed by atoms with Gasteiger partial charge in [-0.25, -0.2) is 4.79 Å². The smallest absolute Gasteiger partial charge is 0.326 e. The zero-order valence-corrected chi connectivity index (χ0v) is 29.7. The van der Waals surface area contributed by atoms with Crippen LogP contribution in [0, 0.1) is 5.92 Å². The number of primary amides is 1. The minimum absolute atomic E-state index is 0.0468. The normalized spacial score (nSPS) is 16.8. The molecule has 0 aliphatic carbocycles. The second-order valence-electron chi connectivity index (χ2n) is 13.0. The first-order valence-electron chi connectivity index (χ1n) is 17.1. The number of aliphatic carboxylic acids is 2. The van der Waals surface area contributed by atoms with Crippen LogP contribution < -0.4 is 49.9 Å². The van der Waals surface area contributed by atoms with Crippen molar-refractivity contribution in [2.45, 2.75) is 114 Å². The molecule has 1 aliphatic rings. The summed E-state index contributed by atoms with van der Waals surface area (Å²) in [7, 11) is 0. The van der Waals surface area contributed by atoms with Crippen LogP contribution in [0.3, 0.4) is 0 Å². The van der Waals surface area contributed by atoms with Gasteiger partial charge >= 0.3 is 11.9 Å². The molecule has 0 aromatic carbocycles. The Labute approximate surface area is 301 Å². The first-order valence-corrected chi connectivity index (χ1v) is 17.1. The van der Waals surface area contributed by atoms with Gasteiger partial charge in [-0.15, -0.1) is 0 Å². The van der Waals surface area contributed by atoms with Gasteiger partial charge in [0.15, 0.2) is 5.96 Å². The van der Waals surface area contributed by atoms with Crippen molar-refractivity contribution in [2.75, 3.05) is 19.6 Å². The Kier molecular flexibility index (Phi) is 19.6. The maximum atomic E-state index is 14.0. The van der Waals surface area contributed by atoms with Crippen LogP contribution in [0.1, 0.15) is 78.1 Å². The van der Waals surface area contributed by atoms with E-state index in [1.54, 1.807) is 13.8 Å². The molecule has 21 nitrogen and oxygen atoms in total. The van der Waals surface area contributed by atoms with Crippen LogP contribution in [-0.2, 0) is 38.4 Å². The van der Waals surface area contributed by atoms with Crippen LogP contribution in [0.25, 0.3) is 0 Å². The number of carboxylic acid groups (broad SMARTS) is 2. The average Bonchev–Trinajstić information content (AvgIpc) is 3.54. The van der Waals surface area contributed by atoms with E-state index in [1.165, 1.54) is 4.90 Å². The van der Waals surface area contributed by atoms with Crippen molar-refractivity contribution in [1.82, 2.24) is 26.2 Å². The molecule has 0 bridgehead atoms. The van der Waals surface area contributed by atoms with Gasteiger partial charge in [0.05, 0.1) is 18.9 Å². The molecule has 0 aromatic rings. The predicted molar refractivity (Wildman–Crippen MR) is 186 cm³/mol. The van der Waals surface area contributed by atoms with Crippen LogP contribution in [0.15, 0.2) is 4.99 Å². The number of hydrogen-bond acceptors (Lipinski definition) is 11. The summed E-state index contributed by atoms with van der Waals surface area (Å²) in [6.07, 6.45) is 0.612. The van der Waals surface area contributed by atoms with Gasteiger partial charge in [-0.05, 0) is 63.8 Å². The van der Waals surface area contributed by atoms with Gasteiger partial charge in [0.25, 0.3) is 0 Å². The van der Waals surface area contributed by atoms with Crippen molar-refractivity contribution in [3.63, 3.8) is 0 Å². The molecular formula is C31H55N11O10. The minimum atomic E-state index is -1.67. The lowest BCUT2D eigenvalue weighted by Gasteiger charge is -2.31. The predicted octanol–water partition coefficient (Wildman–Crippen LogP) is -4.09. The van der Waals surface area contributed by atoms with Crippen molar-refractivity contribution in [1.29, 1.82) is 0 Å². The van der Waals surface area contributed by atoms with Gasteiger partial charge in [0.2, 0.25) is 35.4 Å². The number of hydrogen-bond donors (Lipinski definition) is 11. The second-order valence-corrected chi connectivity index (χ2v) is 13.0. The number of likely N-dealkylation sites (tertiary alicyclic amines) is 1. The second kappa shape index (κ2) is 22.7. The van der Waals surface area contributed by atoms with E-state index < -0.39 is 96.5 Å². The Morgan fingerprint density at radius 3 is 1.94 bits per heavy atom.